The van der Waals surface area contributed by atoms with E-state index in [9.17, 15) is 20.3 Å². The van der Waals surface area contributed by atoms with Crippen molar-refractivity contribution in [3.05, 3.63) is 24.2 Å². The highest BCUT2D eigenvalue weighted by Crippen LogP contribution is 2.40. The Morgan fingerprint density at radius 2 is 2.16 bits per heavy atom. The van der Waals surface area contributed by atoms with Crippen LogP contribution in [0.5, 0.6) is 0 Å². The molecule has 0 aromatic carbocycles. The van der Waals surface area contributed by atoms with Gasteiger partial charge in [-0.1, -0.05) is 6.42 Å². The van der Waals surface area contributed by atoms with Gasteiger partial charge in [-0.15, -0.1) is 0 Å². The summed E-state index contributed by atoms with van der Waals surface area (Å²) in [5, 5.41) is 37.8. The first kappa shape index (κ1) is 22.2. The van der Waals surface area contributed by atoms with Crippen molar-refractivity contribution in [2.75, 3.05) is 38.5 Å². The quantitative estimate of drug-likeness (QED) is 0.448. The third-order valence-electron chi connectivity index (χ3n) is 6.01. The van der Waals surface area contributed by atoms with E-state index in [4.69, 9.17) is 15.2 Å². The number of amides is 1. The molecule has 4 rings (SSSR count). The molecule has 2 aliphatic rings. The SMILES string of the molecule is N#C[C@@]1(c2ccc3c(N)ncnn23)O[C@H](COC(=O)NCCN2CCCCC2)[C@@H](O)[C@H]1O. The molecule has 172 valence electrons. The van der Waals surface area contributed by atoms with Crippen LogP contribution in [0.4, 0.5) is 10.6 Å². The molecule has 1 amide bonds. The Morgan fingerprint density at radius 3 is 2.91 bits per heavy atom. The van der Waals surface area contributed by atoms with Crippen molar-refractivity contribution in [2.24, 2.45) is 0 Å². The molecule has 0 unspecified atom stereocenters. The molecule has 5 N–H and O–H groups in total. The number of aromatic nitrogens is 3. The van der Waals surface area contributed by atoms with Gasteiger partial charge >= 0.3 is 6.09 Å². The molecule has 2 aromatic rings. The maximum absolute atomic E-state index is 12.0. The summed E-state index contributed by atoms with van der Waals surface area (Å²) in [4.78, 5) is 18.2. The van der Waals surface area contributed by atoms with Crippen molar-refractivity contribution >= 4 is 17.4 Å². The topological polar surface area (TPSA) is 171 Å². The van der Waals surface area contributed by atoms with Crippen LogP contribution in [-0.2, 0) is 15.1 Å². The van der Waals surface area contributed by atoms with Gasteiger partial charge in [0.2, 0.25) is 5.60 Å². The minimum atomic E-state index is -1.93. The van der Waals surface area contributed by atoms with E-state index in [1.54, 1.807) is 6.07 Å². The molecule has 2 aliphatic heterocycles. The number of nitrogens with zero attached hydrogens (tertiary/aromatic N) is 5. The average Bonchev–Trinajstić information content (AvgIpc) is 3.35. The first-order valence-corrected chi connectivity index (χ1v) is 10.6. The van der Waals surface area contributed by atoms with Gasteiger partial charge in [0, 0.05) is 13.1 Å². The van der Waals surface area contributed by atoms with Crippen LogP contribution >= 0.6 is 0 Å². The molecular formula is C20H27N7O5. The zero-order chi connectivity index (χ0) is 22.7. The average molecular weight is 445 g/mol. The fraction of sp³-hybridized carbons (Fsp3) is 0.600. The number of nitrogens with one attached hydrogen (secondary N) is 1. The van der Waals surface area contributed by atoms with Gasteiger partial charge in [-0.05, 0) is 38.1 Å². The second-order valence-corrected chi connectivity index (χ2v) is 8.03. The zero-order valence-electron chi connectivity index (χ0n) is 17.6. The lowest BCUT2D eigenvalue weighted by Crippen LogP contribution is -2.41. The van der Waals surface area contributed by atoms with E-state index in [1.807, 2.05) is 6.07 Å². The summed E-state index contributed by atoms with van der Waals surface area (Å²) in [6.07, 6.45) is -0.0373. The molecule has 12 heteroatoms. The van der Waals surface area contributed by atoms with E-state index in [2.05, 4.69) is 20.3 Å². The van der Waals surface area contributed by atoms with Gasteiger partial charge in [-0.2, -0.15) is 10.4 Å². The Kier molecular flexibility index (Phi) is 6.43. The number of carbonyl (C=O) groups is 1. The van der Waals surface area contributed by atoms with Gasteiger partial charge < -0.3 is 35.6 Å². The number of likely N-dealkylation sites (tertiary alicyclic amines) is 1. The lowest BCUT2D eigenvalue weighted by Gasteiger charge is -2.26. The van der Waals surface area contributed by atoms with Crippen LogP contribution < -0.4 is 11.1 Å². The second kappa shape index (κ2) is 9.25. The summed E-state index contributed by atoms with van der Waals surface area (Å²) in [5.74, 6) is 0.188. The van der Waals surface area contributed by atoms with Crippen molar-refractivity contribution in [1.82, 2.24) is 24.8 Å². The maximum atomic E-state index is 12.0. The highest BCUT2D eigenvalue weighted by Gasteiger charge is 2.57. The van der Waals surface area contributed by atoms with Crippen LogP contribution in [0.25, 0.3) is 5.52 Å². The molecule has 4 atom stereocenters. The number of carbonyl (C=O) groups excluding carboxylic acids is 1. The number of ether oxygens (including phenoxy) is 2. The molecule has 2 aromatic heterocycles. The lowest BCUT2D eigenvalue weighted by molar-refractivity contribution is -0.0659. The summed E-state index contributed by atoms with van der Waals surface area (Å²) in [6.45, 7) is 2.89. The van der Waals surface area contributed by atoms with Crippen LogP contribution in [0.3, 0.4) is 0 Å². The number of aliphatic hydroxyl groups excluding tert-OH is 2. The number of hydrogen-bond donors (Lipinski definition) is 4. The summed E-state index contributed by atoms with van der Waals surface area (Å²) >= 11 is 0. The van der Waals surface area contributed by atoms with E-state index in [1.165, 1.54) is 36.2 Å². The van der Waals surface area contributed by atoms with E-state index in [-0.39, 0.29) is 18.1 Å². The van der Waals surface area contributed by atoms with Gasteiger partial charge in [-0.3, -0.25) is 0 Å². The number of nitrogens with two attached hydrogens (primary N) is 1. The number of hydrogen-bond acceptors (Lipinski definition) is 10. The standard InChI is InChI=1S/C20H27N7O5/c21-11-20(15-5-4-13-18(22)24-12-25-27(13)15)17(29)16(28)14(32-20)10-31-19(30)23-6-9-26-7-2-1-3-8-26/h4-5,12,14,16-17,28-29H,1-3,6-10H2,(H,23,30)(H2,22,24,25)/t14-,16-,17-,20+/m1/s1. The lowest BCUT2D eigenvalue weighted by atomic mass is 9.92. The Bertz CT molecular complexity index is 1000. The molecule has 4 heterocycles. The molecule has 0 radical (unpaired) electrons. The summed E-state index contributed by atoms with van der Waals surface area (Å²) in [5.41, 5.74) is 4.52. The Balaban J connectivity index is 1.38. The third kappa shape index (κ3) is 4.07. The summed E-state index contributed by atoms with van der Waals surface area (Å²) < 4.78 is 12.3. The Labute approximate surface area is 184 Å². The van der Waals surface area contributed by atoms with Crippen molar-refractivity contribution < 1.29 is 24.5 Å². The third-order valence-corrected chi connectivity index (χ3v) is 6.01. The molecule has 2 saturated heterocycles. The first-order chi connectivity index (χ1) is 15.5. The number of fused-ring (bicyclic) bond motifs is 1. The minimum Gasteiger partial charge on any atom is -0.447 e. The Hall–Kier alpha value is -2.98. The largest absolute Gasteiger partial charge is 0.447 e. The molecule has 12 nitrogen and oxygen atoms in total. The van der Waals surface area contributed by atoms with E-state index in [0.29, 0.717) is 12.1 Å². The number of alkyl carbamates (subject to hydrolysis) is 1. The first-order valence-electron chi connectivity index (χ1n) is 10.6. The fourth-order valence-corrected chi connectivity index (χ4v) is 4.26. The number of rotatable bonds is 6. The van der Waals surface area contributed by atoms with Crippen LogP contribution in [0.15, 0.2) is 18.5 Å². The van der Waals surface area contributed by atoms with Crippen LogP contribution in [0, 0.1) is 11.3 Å². The van der Waals surface area contributed by atoms with E-state index < -0.39 is 30.0 Å². The molecular weight excluding hydrogens is 418 g/mol. The van der Waals surface area contributed by atoms with Crippen molar-refractivity contribution in [2.45, 2.75) is 43.2 Å². The van der Waals surface area contributed by atoms with Crippen molar-refractivity contribution in [1.29, 1.82) is 5.26 Å². The number of nitrogen functional groups attached to an aromatic ring is 1. The number of aliphatic hydroxyl groups is 2. The minimum absolute atomic E-state index is 0.184. The monoisotopic (exact) mass is 445 g/mol. The maximum Gasteiger partial charge on any atom is 0.407 e. The van der Waals surface area contributed by atoms with E-state index in [0.717, 1.165) is 19.6 Å². The normalized spacial score (nSPS) is 28.5. The van der Waals surface area contributed by atoms with Gasteiger partial charge in [-0.25, -0.2) is 14.3 Å². The summed E-state index contributed by atoms with van der Waals surface area (Å²) in [6, 6.07) is 5.06. The molecule has 2 fully saturated rings. The number of piperidine rings is 1. The molecule has 0 saturated carbocycles. The Morgan fingerprint density at radius 1 is 1.38 bits per heavy atom. The van der Waals surface area contributed by atoms with Crippen LogP contribution in [-0.4, -0.2) is 86.9 Å². The van der Waals surface area contributed by atoms with Crippen LogP contribution in [0.2, 0.25) is 0 Å². The molecule has 0 spiro atoms. The van der Waals surface area contributed by atoms with Crippen molar-refractivity contribution in [3.8, 4) is 6.07 Å². The van der Waals surface area contributed by atoms with Gasteiger partial charge in [0.05, 0.1) is 5.69 Å². The zero-order valence-corrected chi connectivity index (χ0v) is 17.6. The van der Waals surface area contributed by atoms with Gasteiger partial charge in [0.1, 0.15) is 42.8 Å². The highest BCUT2D eigenvalue weighted by molar-refractivity contribution is 5.67. The van der Waals surface area contributed by atoms with Crippen molar-refractivity contribution in [3.63, 3.8) is 0 Å². The molecule has 0 bridgehead atoms. The predicted octanol–water partition coefficient (Wildman–Crippen LogP) is -0.637. The van der Waals surface area contributed by atoms with E-state index >= 15 is 0 Å². The number of anilines is 1. The predicted molar refractivity (Wildman–Crippen MR) is 111 cm³/mol. The molecule has 0 aliphatic carbocycles. The smallest absolute Gasteiger partial charge is 0.407 e. The molecule has 32 heavy (non-hydrogen) atoms. The number of nitriles is 1. The van der Waals surface area contributed by atoms with Crippen LogP contribution in [0.1, 0.15) is 25.0 Å². The van der Waals surface area contributed by atoms with Gasteiger partial charge in [0.25, 0.3) is 0 Å². The highest BCUT2D eigenvalue weighted by atomic mass is 16.6. The second-order valence-electron chi connectivity index (χ2n) is 8.03. The van der Waals surface area contributed by atoms with Gasteiger partial charge in [0.15, 0.2) is 5.82 Å². The summed E-state index contributed by atoms with van der Waals surface area (Å²) in [7, 11) is 0. The fourth-order valence-electron chi connectivity index (χ4n) is 4.26.